The number of carbonyl (C=O) groups excluding carboxylic acids is 5. The fourth-order valence-electron chi connectivity index (χ4n) is 7.41. The maximum absolute atomic E-state index is 14.1. The van der Waals surface area contributed by atoms with Crippen LogP contribution in [0.2, 0.25) is 0 Å². The van der Waals surface area contributed by atoms with Crippen molar-refractivity contribution in [2.75, 3.05) is 103 Å². The number of fused-ring (bicyclic) bond motifs is 1. The average molecular weight is 810 g/mol. The Labute approximate surface area is 344 Å². The Balaban J connectivity index is 1.51. The molecule has 15 heteroatoms. The van der Waals surface area contributed by atoms with Crippen LogP contribution >= 0.6 is 0 Å². The number of aliphatic hydroxyl groups excluding tert-OH is 1. The number of carbonyl (C=O) groups is 5. The summed E-state index contributed by atoms with van der Waals surface area (Å²) in [6, 6.07) is 9.10. The number of aromatic nitrogens is 1. The third-order valence-electron chi connectivity index (χ3n) is 10.2. The van der Waals surface area contributed by atoms with E-state index in [0.29, 0.717) is 84.2 Å². The minimum atomic E-state index is -0.760. The molecule has 2 aliphatic rings. The number of amides is 1. The van der Waals surface area contributed by atoms with Gasteiger partial charge in [-0.3, -0.25) is 48.6 Å². The van der Waals surface area contributed by atoms with Crippen LogP contribution in [0.25, 0.3) is 10.9 Å². The highest BCUT2D eigenvalue weighted by Gasteiger charge is 2.33. The van der Waals surface area contributed by atoms with Crippen molar-refractivity contribution in [2.24, 2.45) is 0 Å². The number of ketones is 2. The first-order valence-corrected chi connectivity index (χ1v) is 20.7. The molecule has 0 saturated carbocycles. The Morgan fingerprint density at radius 3 is 1.72 bits per heavy atom. The Bertz CT molecular complexity index is 1720. The van der Waals surface area contributed by atoms with Gasteiger partial charge < -0.3 is 24.4 Å². The third kappa shape index (κ3) is 15.6. The molecule has 1 aromatic heterocycles. The molecule has 58 heavy (non-hydrogen) atoms. The molecule has 0 aliphatic carbocycles. The number of aliphatic hydroxyl groups is 1. The smallest absolute Gasteiger partial charge is 0.323 e. The van der Waals surface area contributed by atoms with Crippen LogP contribution in [-0.2, 0) is 40.1 Å². The minimum absolute atomic E-state index is 0.0165. The van der Waals surface area contributed by atoms with Gasteiger partial charge in [0.05, 0.1) is 37.5 Å². The van der Waals surface area contributed by atoms with Crippen LogP contribution in [0.15, 0.2) is 30.3 Å². The molecule has 3 heterocycles. The molecule has 0 bridgehead atoms. The van der Waals surface area contributed by atoms with Crippen LogP contribution in [0.5, 0.6) is 0 Å². The molecule has 2 fully saturated rings. The molecule has 0 spiro atoms. The highest BCUT2D eigenvalue weighted by molar-refractivity contribution is 5.83. The molecule has 2 saturated heterocycles. The second kappa shape index (κ2) is 21.3. The van der Waals surface area contributed by atoms with Gasteiger partial charge in [0.15, 0.2) is 0 Å². The van der Waals surface area contributed by atoms with Crippen molar-refractivity contribution in [3.8, 4) is 0 Å². The van der Waals surface area contributed by atoms with Crippen molar-refractivity contribution in [3.05, 3.63) is 36.0 Å². The van der Waals surface area contributed by atoms with Crippen molar-refractivity contribution in [1.82, 2.24) is 29.5 Å². The number of benzene rings is 1. The monoisotopic (exact) mass is 810 g/mol. The molecular formula is C43H67N7O8. The molecule has 1 N–H and O–H groups in total. The Morgan fingerprint density at radius 2 is 1.21 bits per heavy atom. The number of esters is 2. The van der Waals surface area contributed by atoms with Crippen molar-refractivity contribution in [2.45, 2.75) is 92.1 Å². The van der Waals surface area contributed by atoms with E-state index in [2.05, 4.69) is 25.8 Å². The van der Waals surface area contributed by atoms with E-state index in [-0.39, 0.29) is 62.5 Å². The molecule has 2 aliphatic heterocycles. The zero-order chi connectivity index (χ0) is 42.6. The summed E-state index contributed by atoms with van der Waals surface area (Å²) >= 11 is 0. The zero-order valence-corrected chi connectivity index (χ0v) is 36.1. The number of Topliss-reactive ketones (excluding diaryl/α,β-unsaturated/α-hetero) is 2. The van der Waals surface area contributed by atoms with Gasteiger partial charge in [-0.1, -0.05) is 12.1 Å². The van der Waals surface area contributed by atoms with Crippen LogP contribution in [-0.4, -0.2) is 179 Å². The number of anilines is 1. The van der Waals surface area contributed by atoms with E-state index >= 15 is 0 Å². The number of rotatable bonds is 13. The third-order valence-corrected chi connectivity index (χ3v) is 10.2. The SMILES string of the molecule is CC(=O)CN1CCN(CC(C)=O)CCN(C(CCC(=O)N2CCN(c3ccc4ccc(CO)nc4c3)CC2)C(=O)OC(C)(C)C)CCN(CC(=O)OC(C)(C)C)CC1. The normalized spacial score (nSPS) is 18.3. The van der Waals surface area contributed by atoms with Gasteiger partial charge in [-0.05, 0) is 80.0 Å². The summed E-state index contributed by atoms with van der Waals surface area (Å²) in [7, 11) is 0. The molecule has 15 nitrogen and oxygen atoms in total. The lowest BCUT2D eigenvalue weighted by molar-refractivity contribution is -0.163. The van der Waals surface area contributed by atoms with Crippen molar-refractivity contribution in [1.29, 1.82) is 0 Å². The fraction of sp³-hybridized carbons (Fsp3) is 0.674. The Morgan fingerprint density at radius 1 is 0.690 bits per heavy atom. The van der Waals surface area contributed by atoms with E-state index in [9.17, 15) is 29.1 Å². The summed E-state index contributed by atoms with van der Waals surface area (Å²) in [5.41, 5.74) is 1.01. The summed E-state index contributed by atoms with van der Waals surface area (Å²) in [6.45, 7) is 20.6. The zero-order valence-electron chi connectivity index (χ0n) is 36.1. The lowest BCUT2D eigenvalue weighted by Gasteiger charge is -2.38. The summed E-state index contributed by atoms with van der Waals surface area (Å²) < 4.78 is 11.6. The number of nitrogens with zero attached hydrogens (tertiary/aromatic N) is 7. The van der Waals surface area contributed by atoms with E-state index in [0.717, 1.165) is 16.6 Å². The standard InChI is InChI=1S/C43H67N7O8/c1-32(52)28-45-15-16-46(29-33(2)53)19-21-49(22-20-47(18-17-45)30-40(55)57-42(3,4)5)38(41(56)58-43(6,7)8)13-14-39(54)50-25-23-48(24-26-50)36-12-10-34-9-11-35(31-51)44-37(34)27-36/h9-12,27,38,51H,13-26,28-31H2,1-8H3. The van der Waals surface area contributed by atoms with E-state index in [1.54, 1.807) is 13.8 Å². The number of hydrogen-bond acceptors (Lipinski definition) is 14. The molecule has 1 aromatic carbocycles. The average Bonchev–Trinajstić information content (AvgIpc) is 3.13. The summed E-state index contributed by atoms with van der Waals surface area (Å²) in [5, 5.41) is 10.5. The van der Waals surface area contributed by atoms with Crippen LogP contribution in [0, 0.1) is 0 Å². The predicted octanol–water partition coefficient (Wildman–Crippen LogP) is 2.61. The van der Waals surface area contributed by atoms with Crippen molar-refractivity contribution >= 4 is 46.0 Å². The quantitative estimate of drug-likeness (QED) is 0.295. The molecular weight excluding hydrogens is 743 g/mol. The van der Waals surface area contributed by atoms with Gasteiger partial charge in [0, 0.05) is 96.0 Å². The summed E-state index contributed by atoms with van der Waals surface area (Å²) in [4.78, 5) is 82.3. The highest BCUT2D eigenvalue weighted by atomic mass is 16.6. The van der Waals surface area contributed by atoms with Crippen LogP contribution in [0.4, 0.5) is 5.69 Å². The minimum Gasteiger partial charge on any atom is -0.459 e. The van der Waals surface area contributed by atoms with Crippen LogP contribution in [0.3, 0.4) is 0 Å². The number of piperazine rings is 1. The van der Waals surface area contributed by atoms with Gasteiger partial charge >= 0.3 is 11.9 Å². The van der Waals surface area contributed by atoms with Crippen LogP contribution < -0.4 is 4.90 Å². The molecule has 2 aromatic rings. The Hall–Kier alpha value is -4.02. The van der Waals surface area contributed by atoms with Gasteiger partial charge in [0.2, 0.25) is 5.91 Å². The first-order chi connectivity index (χ1) is 27.3. The van der Waals surface area contributed by atoms with Gasteiger partial charge in [-0.15, -0.1) is 0 Å². The van der Waals surface area contributed by atoms with Crippen LogP contribution in [0.1, 0.15) is 73.9 Å². The first-order valence-electron chi connectivity index (χ1n) is 20.7. The lowest BCUT2D eigenvalue weighted by atomic mass is 10.1. The largest absolute Gasteiger partial charge is 0.459 e. The van der Waals surface area contributed by atoms with Gasteiger partial charge in [0.25, 0.3) is 0 Å². The van der Waals surface area contributed by atoms with E-state index in [1.807, 2.05) is 80.5 Å². The van der Waals surface area contributed by atoms with E-state index in [1.165, 1.54) is 0 Å². The second-order valence-corrected chi connectivity index (χ2v) is 17.6. The maximum atomic E-state index is 14.1. The molecule has 322 valence electrons. The molecule has 1 amide bonds. The highest BCUT2D eigenvalue weighted by Crippen LogP contribution is 2.24. The summed E-state index contributed by atoms with van der Waals surface area (Å²) in [5.74, 6) is -0.768. The molecule has 1 atom stereocenters. The molecule has 0 radical (unpaired) electrons. The predicted molar refractivity (Wildman–Crippen MR) is 223 cm³/mol. The molecule has 4 rings (SSSR count). The van der Waals surface area contributed by atoms with E-state index in [4.69, 9.17) is 9.47 Å². The van der Waals surface area contributed by atoms with Crippen molar-refractivity contribution in [3.63, 3.8) is 0 Å². The Kier molecular flexibility index (Phi) is 17.1. The lowest BCUT2D eigenvalue weighted by Crippen LogP contribution is -2.53. The van der Waals surface area contributed by atoms with E-state index < -0.39 is 23.2 Å². The first kappa shape index (κ1) is 46.7. The second-order valence-electron chi connectivity index (χ2n) is 17.6. The number of pyridine rings is 1. The number of hydrogen-bond donors (Lipinski definition) is 1. The molecule has 1 unspecified atom stereocenters. The summed E-state index contributed by atoms with van der Waals surface area (Å²) in [6.07, 6.45) is 0.381. The van der Waals surface area contributed by atoms with Gasteiger partial charge in [-0.25, -0.2) is 0 Å². The maximum Gasteiger partial charge on any atom is 0.323 e. The fourth-order valence-corrected chi connectivity index (χ4v) is 7.41. The van der Waals surface area contributed by atoms with Gasteiger partial charge in [0.1, 0.15) is 28.8 Å². The number of ether oxygens (including phenoxy) is 2. The van der Waals surface area contributed by atoms with Gasteiger partial charge in [-0.2, -0.15) is 0 Å². The van der Waals surface area contributed by atoms with Crippen molar-refractivity contribution < 1.29 is 38.6 Å². The topological polar surface area (TPSA) is 156 Å².